The highest BCUT2D eigenvalue weighted by Gasteiger charge is 2.38. The van der Waals surface area contributed by atoms with Gasteiger partial charge >= 0.3 is 12.1 Å². The summed E-state index contributed by atoms with van der Waals surface area (Å²) in [7, 11) is 1.55. The van der Waals surface area contributed by atoms with Crippen molar-refractivity contribution in [1.29, 1.82) is 0 Å². The van der Waals surface area contributed by atoms with E-state index in [0.717, 1.165) is 0 Å². The van der Waals surface area contributed by atoms with Crippen molar-refractivity contribution in [3.05, 3.63) is 23.8 Å². The number of carboxylic acids is 1. The molecule has 1 aliphatic rings. The second-order valence-electron chi connectivity index (χ2n) is 4.78. The first kappa shape index (κ1) is 18.6. The number of ether oxygens (including phenoxy) is 2. The zero-order chi connectivity index (χ0) is 17.6. The van der Waals surface area contributed by atoms with Crippen molar-refractivity contribution in [2.75, 3.05) is 13.7 Å². The third kappa shape index (κ3) is 6.45. The van der Waals surface area contributed by atoms with Crippen LogP contribution < -0.4 is 15.2 Å². The summed E-state index contributed by atoms with van der Waals surface area (Å²) in [5.74, 6) is -1.47. The van der Waals surface area contributed by atoms with Crippen LogP contribution in [0.5, 0.6) is 11.5 Å². The maximum absolute atomic E-state index is 11.2. The van der Waals surface area contributed by atoms with Crippen LogP contribution in [-0.2, 0) is 4.79 Å². The number of nitrogens with two attached hydrogens (primary N) is 1. The fraction of sp³-hybridized carbons (Fsp3) is 0.429. The fourth-order valence-corrected chi connectivity index (χ4v) is 1.45. The first-order valence-corrected chi connectivity index (χ1v) is 6.56. The van der Waals surface area contributed by atoms with E-state index in [1.807, 2.05) is 0 Å². The third-order valence-electron chi connectivity index (χ3n) is 2.87. The molecule has 0 spiro atoms. The number of benzene rings is 1. The molecule has 0 saturated heterocycles. The Hall–Kier alpha value is -2.45. The van der Waals surface area contributed by atoms with Crippen LogP contribution in [0.15, 0.2) is 18.2 Å². The molecule has 6 nitrogen and oxygen atoms in total. The number of carboxylic acid groups (broad SMARTS) is 1. The lowest BCUT2D eigenvalue weighted by atomic mass is 10.2. The average molecular weight is 335 g/mol. The van der Waals surface area contributed by atoms with Crippen LogP contribution in [-0.4, -0.2) is 36.9 Å². The predicted octanol–water partition coefficient (Wildman–Crippen LogP) is 2.22. The van der Waals surface area contributed by atoms with E-state index in [1.165, 1.54) is 12.8 Å². The first-order chi connectivity index (χ1) is 10.6. The van der Waals surface area contributed by atoms with Crippen LogP contribution >= 0.6 is 0 Å². The molecule has 1 aliphatic carbocycles. The zero-order valence-corrected chi connectivity index (χ0v) is 12.2. The molecule has 0 bridgehead atoms. The number of amides is 1. The molecule has 1 aromatic carbocycles. The van der Waals surface area contributed by atoms with Crippen LogP contribution in [0, 0.1) is 5.92 Å². The minimum Gasteiger partial charge on any atom is -0.497 e. The molecule has 1 saturated carbocycles. The van der Waals surface area contributed by atoms with Crippen molar-refractivity contribution in [2.24, 2.45) is 11.7 Å². The van der Waals surface area contributed by atoms with E-state index in [4.69, 9.17) is 25.1 Å². The molecule has 0 radical (unpaired) electrons. The Labute approximate surface area is 130 Å². The number of aliphatic carboxylic acids is 1. The fourth-order valence-electron chi connectivity index (χ4n) is 1.45. The molecule has 3 N–H and O–H groups in total. The minimum atomic E-state index is -5.08. The number of methoxy groups -OCH3 is 1. The number of halogens is 3. The van der Waals surface area contributed by atoms with E-state index in [9.17, 15) is 18.0 Å². The molecule has 0 atom stereocenters. The number of carbonyl (C=O) groups is 2. The van der Waals surface area contributed by atoms with E-state index in [1.54, 1.807) is 25.3 Å². The summed E-state index contributed by atoms with van der Waals surface area (Å²) in [5, 5.41) is 7.12. The van der Waals surface area contributed by atoms with E-state index in [-0.39, 0.29) is 0 Å². The molecule has 0 unspecified atom stereocenters. The third-order valence-corrected chi connectivity index (χ3v) is 2.87. The second-order valence-corrected chi connectivity index (χ2v) is 4.78. The number of rotatable bonds is 5. The number of primary amides is 1. The van der Waals surface area contributed by atoms with E-state index in [2.05, 4.69) is 0 Å². The smallest absolute Gasteiger partial charge is 0.490 e. The van der Waals surface area contributed by atoms with Gasteiger partial charge in [-0.3, -0.25) is 4.79 Å². The van der Waals surface area contributed by atoms with Crippen LogP contribution in [0.4, 0.5) is 13.2 Å². The van der Waals surface area contributed by atoms with Crippen LogP contribution in [0.3, 0.4) is 0 Å². The number of carbonyl (C=O) groups excluding carboxylic acids is 1. The highest BCUT2D eigenvalue weighted by Crippen LogP contribution is 2.31. The maximum atomic E-state index is 11.2. The van der Waals surface area contributed by atoms with Gasteiger partial charge in [-0.05, 0) is 37.0 Å². The number of alkyl halides is 3. The average Bonchev–Trinajstić information content (AvgIpc) is 3.28. The molecule has 1 amide bonds. The van der Waals surface area contributed by atoms with Gasteiger partial charge in [-0.25, -0.2) is 4.79 Å². The summed E-state index contributed by atoms with van der Waals surface area (Å²) in [5.41, 5.74) is 5.66. The van der Waals surface area contributed by atoms with Gasteiger partial charge < -0.3 is 20.3 Å². The van der Waals surface area contributed by atoms with Gasteiger partial charge in [0.1, 0.15) is 11.5 Å². The van der Waals surface area contributed by atoms with Crippen molar-refractivity contribution in [2.45, 2.75) is 19.0 Å². The maximum Gasteiger partial charge on any atom is 0.490 e. The molecule has 2 rings (SSSR count). The summed E-state index contributed by atoms with van der Waals surface area (Å²) in [6, 6.07) is 5.08. The van der Waals surface area contributed by atoms with Crippen molar-refractivity contribution in [3.63, 3.8) is 0 Å². The Morgan fingerprint density at radius 3 is 2.30 bits per heavy atom. The molecule has 1 fully saturated rings. The summed E-state index contributed by atoms with van der Waals surface area (Å²) >= 11 is 0. The number of hydrogen-bond acceptors (Lipinski definition) is 4. The molecular formula is C14H16F3NO5. The standard InChI is InChI=1S/C12H15NO3.C2HF3O2/c1-15-9-4-5-11(10(6-9)12(13)14)16-7-8-2-3-8;3-2(4,5)1(6)7/h4-6,8H,2-3,7H2,1H3,(H2,13,14);(H,6,7). The van der Waals surface area contributed by atoms with Crippen LogP contribution in [0.25, 0.3) is 0 Å². The Bertz CT molecular complexity index is 570. The van der Waals surface area contributed by atoms with Crippen LogP contribution in [0.1, 0.15) is 23.2 Å². The van der Waals surface area contributed by atoms with Crippen molar-refractivity contribution < 1.29 is 37.3 Å². The van der Waals surface area contributed by atoms with Gasteiger partial charge in [0.25, 0.3) is 5.91 Å². The molecular weight excluding hydrogens is 319 g/mol. The molecule has 23 heavy (non-hydrogen) atoms. The summed E-state index contributed by atoms with van der Waals surface area (Å²) in [6.45, 7) is 0.659. The Morgan fingerprint density at radius 2 is 1.91 bits per heavy atom. The highest BCUT2D eigenvalue weighted by molar-refractivity contribution is 5.96. The molecule has 0 aliphatic heterocycles. The van der Waals surface area contributed by atoms with Gasteiger partial charge in [-0.2, -0.15) is 13.2 Å². The van der Waals surface area contributed by atoms with E-state index in [0.29, 0.717) is 29.6 Å². The van der Waals surface area contributed by atoms with Gasteiger partial charge in [-0.15, -0.1) is 0 Å². The Morgan fingerprint density at radius 1 is 1.35 bits per heavy atom. The summed E-state index contributed by atoms with van der Waals surface area (Å²) in [6.07, 6.45) is -2.66. The SMILES string of the molecule is COc1ccc(OCC2CC2)c(C(N)=O)c1.O=C(O)C(F)(F)F. The van der Waals surface area contributed by atoms with Crippen LogP contribution in [0.2, 0.25) is 0 Å². The Balaban J connectivity index is 0.000000322. The van der Waals surface area contributed by atoms with Crippen molar-refractivity contribution in [1.82, 2.24) is 0 Å². The molecule has 9 heteroatoms. The lowest BCUT2D eigenvalue weighted by molar-refractivity contribution is -0.192. The Kier molecular flexibility index (Phi) is 6.23. The van der Waals surface area contributed by atoms with Gasteiger partial charge in [-0.1, -0.05) is 0 Å². The largest absolute Gasteiger partial charge is 0.497 e. The minimum absolute atomic E-state index is 0.375. The molecule has 1 aromatic rings. The summed E-state index contributed by atoms with van der Waals surface area (Å²) in [4.78, 5) is 20.1. The summed E-state index contributed by atoms with van der Waals surface area (Å²) < 4.78 is 42.3. The topological polar surface area (TPSA) is 98.9 Å². The van der Waals surface area contributed by atoms with Gasteiger partial charge in [0, 0.05) is 0 Å². The second kappa shape index (κ2) is 7.70. The molecule has 0 heterocycles. The lowest BCUT2D eigenvalue weighted by Crippen LogP contribution is -2.21. The van der Waals surface area contributed by atoms with E-state index < -0.39 is 18.1 Å². The van der Waals surface area contributed by atoms with Gasteiger partial charge in [0.05, 0.1) is 19.3 Å². The monoisotopic (exact) mass is 335 g/mol. The lowest BCUT2D eigenvalue weighted by Gasteiger charge is -2.10. The highest BCUT2D eigenvalue weighted by atomic mass is 19.4. The molecule has 128 valence electrons. The quantitative estimate of drug-likeness (QED) is 0.859. The van der Waals surface area contributed by atoms with Gasteiger partial charge in [0.2, 0.25) is 0 Å². The number of hydrogen-bond donors (Lipinski definition) is 2. The zero-order valence-electron chi connectivity index (χ0n) is 12.2. The van der Waals surface area contributed by atoms with Gasteiger partial charge in [0.15, 0.2) is 0 Å². The predicted molar refractivity (Wildman–Crippen MR) is 73.4 cm³/mol. The van der Waals surface area contributed by atoms with Crippen molar-refractivity contribution >= 4 is 11.9 Å². The van der Waals surface area contributed by atoms with Crippen molar-refractivity contribution in [3.8, 4) is 11.5 Å². The molecule has 0 aromatic heterocycles. The van der Waals surface area contributed by atoms with E-state index >= 15 is 0 Å². The normalized spacial score (nSPS) is 13.6. The first-order valence-electron chi connectivity index (χ1n) is 6.56.